The number of aryl methyl sites for hydroxylation is 2. The first kappa shape index (κ1) is 18.2. The Morgan fingerprint density at radius 1 is 1.00 bits per heavy atom. The van der Waals surface area contributed by atoms with Crippen LogP contribution < -0.4 is 11.1 Å². The molecule has 0 heterocycles. The molecule has 6 nitrogen and oxygen atoms in total. The molecule has 0 bridgehead atoms. The van der Waals surface area contributed by atoms with Crippen LogP contribution >= 0.6 is 0 Å². The Hall–Kier alpha value is -3.15. The molecule has 3 amide bonds. The summed E-state index contributed by atoms with van der Waals surface area (Å²) in [6, 6.07) is 16.0. The fourth-order valence-electron chi connectivity index (χ4n) is 2.36. The van der Waals surface area contributed by atoms with Crippen molar-refractivity contribution < 1.29 is 19.1 Å². The van der Waals surface area contributed by atoms with Gasteiger partial charge in [-0.15, -0.1) is 0 Å². The number of amides is 3. The zero-order chi connectivity index (χ0) is 18.2. The molecule has 0 saturated heterocycles. The molecule has 0 aliphatic rings. The maximum absolute atomic E-state index is 12.4. The van der Waals surface area contributed by atoms with Gasteiger partial charge in [-0.3, -0.25) is 10.1 Å². The molecule has 25 heavy (non-hydrogen) atoms. The van der Waals surface area contributed by atoms with Crippen molar-refractivity contribution in [3.05, 3.63) is 71.3 Å². The summed E-state index contributed by atoms with van der Waals surface area (Å²) in [4.78, 5) is 34.7. The normalized spacial score (nSPS) is 11.4. The number of hydrogen-bond acceptors (Lipinski definition) is 4. The second-order valence-corrected chi connectivity index (χ2v) is 5.54. The molecule has 0 fully saturated rings. The Labute approximate surface area is 146 Å². The SMILES string of the molecule is C[C@@H](OC(=O)c1ccccc1CCc1ccccc1)C(=O)NC(N)=O. The summed E-state index contributed by atoms with van der Waals surface area (Å²) < 4.78 is 5.13. The highest BCUT2D eigenvalue weighted by Gasteiger charge is 2.21. The van der Waals surface area contributed by atoms with E-state index in [0.717, 1.165) is 12.0 Å². The smallest absolute Gasteiger partial charge is 0.339 e. The quantitative estimate of drug-likeness (QED) is 0.788. The number of nitrogens with one attached hydrogen (secondary N) is 1. The van der Waals surface area contributed by atoms with Gasteiger partial charge >= 0.3 is 12.0 Å². The van der Waals surface area contributed by atoms with Gasteiger partial charge in [-0.2, -0.15) is 0 Å². The highest BCUT2D eigenvalue weighted by atomic mass is 16.5. The molecule has 6 heteroatoms. The monoisotopic (exact) mass is 340 g/mol. The Morgan fingerprint density at radius 3 is 2.32 bits per heavy atom. The third kappa shape index (κ3) is 5.46. The van der Waals surface area contributed by atoms with Gasteiger partial charge in [-0.25, -0.2) is 9.59 Å². The number of carbonyl (C=O) groups is 3. The first-order valence-corrected chi connectivity index (χ1v) is 7.90. The van der Waals surface area contributed by atoms with Gasteiger partial charge in [0.15, 0.2) is 6.10 Å². The molecule has 2 rings (SSSR count). The van der Waals surface area contributed by atoms with Crippen molar-refractivity contribution >= 4 is 17.9 Å². The Balaban J connectivity index is 2.04. The van der Waals surface area contributed by atoms with Gasteiger partial charge in [0.1, 0.15) is 0 Å². The number of benzene rings is 2. The average Bonchev–Trinajstić information content (AvgIpc) is 2.60. The van der Waals surface area contributed by atoms with Crippen LogP contribution in [-0.2, 0) is 22.4 Å². The van der Waals surface area contributed by atoms with Gasteiger partial charge in [0.05, 0.1) is 5.56 Å². The van der Waals surface area contributed by atoms with Crippen molar-refractivity contribution in [1.82, 2.24) is 5.32 Å². The van der Waals surface area contributed by atoms with Crippen LogP contribution in [-0.4, -0.2) is 24.0 Å². The standard InChI is InChI=1S/C19H20N2O4/c1-13(17(22)21-19(20)24)25-18(23)16-10-6-5-9-15(16)12-11-14-7-3-2-4-8-14/h2-10,13H,11-12H2,1H3,(H3,20,21,22,24)/t13-/m1/s1. The van der Waals surface area contributed by atoms with Gasteiger partial charge in [0, 0.05) is 0 Å². The minimum atomic E-state index is -1.12. The molecule has 0 saturated carbocycles. The van der Waals surface area contributed by atoms with E-state index in [4.69, 9.17) is 10.5 Å². The summed E-state index contributed by atoms with van der Waals surface area (Å²) in [5, 5.41) is 1.88. The lowest BCUT2D eigenvalue weighted by Gasteiger charge is -2.14. The van der Waals surface area contributed by atoms with E-state index < -0.39 is 24.0 Å². The number of urea groups is 1. The fraction of sp³-hybridized carbons (Fsp3) is 0.211. The molecule has 2 aromatic rings. The molecule has 0 aliphatic carbocycles. The number of imide groups is 1. The maximum atomic E-state index is 12.4. The van der Waals surface area contributed by atoms with Crippen LogP contribution in [0.5, 0.6) is 0 Å². The highest BCUT2D eigenvalue weighted by Crippen LogP contribution is 2.15. The molecule has 130 valence electrons. The van der Waals surface area contributed by atoms with Crippen molar-refractivity contribution in [2.75, 3.05) is 0 Å². The molecule has 0 spiro atoms. The van der Waals surface area contributed by atoms with Crippen LogP contribution in [0.2, 0.25) is 0 Å². The predicted octanol–water partition coefficient (Wildman–Crippen LogP) is 2.21. The van der Waals surface area contributed by atoms with Crippen LogP contribution in [0.4, 0.5) is 4.79 Å². The third-order valence-corrected chi connectivity index (χ3v) is 3.66. The fourth-order valence-corrected chi connectivity index (χ4v) is 2.36. The lowest BCUT2D eigenvalue weighted by atomic mass is 10.00. The molecule has 0 unspecified atom stereocenters. The summed E-state index contributed by atoms with van der Waals surface area (Å²) in [5.74, 6) is -1.38. The van der Waals surface area contributed by atoms with Gasteiger partial charge < -0.3 is 10.5 Å². The van der Waals surface area contributed by atoms with Crippen molar-refractivity contribution in [2.45, 2.75) is 25.9 Å². The first-order chi connectivity index (χ1) is 12.0. The van der Waals surface area contributed by atoms with Crippen LogP contribution in [0.3, 0.4) is 0 Å². The van der Waals surface area contributed by atoms with E-state index in [1.165, 1.54) is 12.5 Å². The summed E-state index contributed by atoms with van der Waals surface area (Å²) in [6.45, 7) is 1.38. The van der Waals surface area contributed by atoms with E-state index in [2.05, 4.69) is 0 Å². The molecule has 0 radical (unpaired) electrons. The topological polar surface area (TPSA) is 98.5 Å². The lowest BCUT2D eigenvalue weighted by molar-refractivity contribution is -0.127. The van der Waals surface area contributed by atoms with E-state index in [1.807, 2.05) is 47.8 Å². The molecule has 3 N–H and O–H groups in total. The molecule has 0 aliphatic heterocycles. The third-order valence-electron chi connectivity index (χ3n) is 3.66. The molecule has 0 aromatic heterocycles. The van der Waals surface area contributed by atoms with Crippen LogP contribution in [0.15, 0.2) is 54.6 Å². The van der Waals surface area contributed by atoms with Gasteiger partial charge in [0.25, 0.3) is 5.91 Å². The second-order valence-electron chi connectivity index (χ2n) is 5.54. The lowest BCUT2D eigenvalue weighted by Crippen LogP contribution is -2.42. The van der Waals surface area contributed by atoms with E-state index in [0.29, 0.717) is 12.0 Å². The average molecular weight is 340 g/mol. The van der Waals surface area contributed by atoms with Gasteiger partial charge in [0.2, 0.25) is 0 Å². The van der Waals surface area contributed by atoms with E-state index in [9.17, 15) is 14.4 Å². The number of nitrogens with two attached hydrogens (primary N) is 1. The Bertz CT molecular complexity index is 759. The molecular weight excluding hydrogens is 320 g/mol. The minimum absolute atomic E-state index is 0.400. The van der Waals surface area contributed by atoms with Crippen molar-refractivity contribution in [2.24, 2.45) is 5.73 Å². The van der Waals surface area contributed by atoms with Gasteiger partial charge in [-0.1, -0.05) is 48.5 Å². The molecular formula is C19H20N2O4. The first-order valence-electron chi connectivity index (χ1n) is 7.90. The summed E-state index contributed by atoms with van der Waals surface area (Å²) in [6.07, 6.45) is 0.321. The summed E-state index contributed by atoms with van der Waals surface area (Å²) >= 11 is 0. The minimum Gasteiger partial charge on any atom is -0.449 e. The van der Waals surface area contributed by atoms with Crippen molar-refractivity contribution in [3.63, 3.8) is 0 Å². The van der Waals surface area contributed by atoms with E-state index in [1.54, 1.807) is 12.1 Å². The van der Waals surface area contributed by atoms with E-state index >= 15 is 0 Å². The largest absolute Gasteiger partial charge is 0.449 e. The highest BCUT2D eigenvalue weighted by molar-refractivity contribution is 5.98. The number of carbonyl (C=O) groups excluding carboxylic acids is 3. The number of ether oxygens (including phenoxy) is 1. The number of rotatable bonds is 6. The van der Waals surface area contributed by atoms with E-state index in [-0.39, 0.29) is 0 Å². The van der Waals surface area contributed by atoms with Crippen LogP contribution in [0.1, 0.15) is 28.4 Å². The van der Waals surface area contributed by atoms with Crippen molar-refractivity contribution in [3.8, 4) is 0 Å². The predicted molar refractivity (Wildman–Crippen MR) is 92.9 cm³/mol. The Kier molecular flexibility index (Phi) is 6.28. The maximum Gasteiger partial charge on any atom is 0.339 e. The summed E-state index contributed by atoms with van der Waals surface area (Å²) in [7, 11) is 0. The second kappa shape index (κ2) is 8.63. The zero-order valence-corrected chi connectivity index (χ0v) is 13.9. The van der Waals surface area contributed by atoms with Crippen LogP contribution in [0.25, 0.3) is 0 Å². The zero-order valence-electron chi connectivity index (χ0n) is 13.9. The van der Waals surface area contributed by atoms with Crippen molar-refractivity contribution in [1.29, 1.82) is 0 Å². The number of hydrogen-bond donors (Lipinski definition) is 2. The molecule has 1 atom stereocenters. The summed E-state index contributed by atoms with van der Waals surface area (Å²) in [5.41, 5.74) is 7.28. The van der Waals surface area contributed by atoms with Gasteiger partial charge in [-0.05, 0) is 37.0 Å². The Morgan fingerprint density at radius 2 is 1.64 bits per heavy atom. The molecule has 2 aromatic carbocycles. The number of primary amides is 1. The van der Waals surface area contributed by atoms with Crippen LogP contribution in [0, 0.1) is 0 Å². The number of esters is 1.